The number of anilines is 3. The summed E-state index contributed by atoms with van der Waals surface area (Å²) in [5, 5.41) is 11.9. The summed E-state index contributed by atoms with van der Waals surface area (Å²) in [4.78, 5) is 21.2. The van der Waals surface area contributed by atoms with Gasteiger partial charge in [-0.05, 0) is 25.0 Å². The Morgan fingerprint density at radius 1 is 1.17 bits per heavy atom. The van der Waals surface area contributed by atoms with Gasteiger partial charge in [0.15, 0.2) is 11.6 Å². The van der Waals surface area contributed by atoms with Crippen molar-refractivity contribution in [2.45, 2.75) is 12.8 Å². The number of hydrogen-bond acceptors (Lipinski definition) is 5. The van der Waals surface area contributed by atoms with Crippen LogP contribution in [0, 0.1) is 17.6 Å². The summed E-state index contributed by atoms with van der Waals surface area (Å²) in [5.74, 6) is -1.82. The highest BCUT2D eigenvalue weighted by atomic mass is 19.2. The van der Waals surface area contributed by atoms with Crippen molar-refractivity contribution in [1.82, 2.24) is 9.97 Å². The van der Waals surface area contributed by atoms with Crippen LogP contribution in [-0.2, 0) is 4.79 Å². The number of benzene rings is 1. The zero-order chi connectivity index (χ0) is 17.1. The van der Waals surface area contributed by atoms with Crippen molar-refractivity contribution in [3.63, 3.8) is 0 Å². The molecule has 2 heterocycles. The number of halogens is 2. The van der Waals surface area contributed by atoms with Gasteiger partial charge >= 0.3 is 5.97 Å². The molecule has 0 unspecified atom stereocenters. The summed E-state index contributed by atoms with van der Waals surface area (Å²) in [6.07, 6.45) is 2.50. The van der Waals surface area contributed by atoms with Crippen LogP contribution in [0.25, 0.3) is 0 Å². The Morgan fingerprint density at radius 3 is 2.58 bits per heavy atom. The van der Waals surface area contributed by atoms with Crippen LogP contribution in [-0.4, -0.2) is 34.1 Å². The third kappa shape index (κ3) is 3.58. The Labute approximate surface area is 137 Å². The third-order valence-corrected chi connectivity index (χ3v) is 4.01. The highest BCUT2D eigenvalue weighted by Crippen LogP contribution is 2.24. The van der Waals surface area contributed by atoms with Crippen LogP contribution in [0.3, 0.4) is 0 Å². The van der Waals surface area contributed by atoms with Gasteiger partial charge in [-0.3, -0.25) is 4.79 Å². The monoisotopic (exact) mass is 334 g/mol. The first-order valence-corrected chi connectivity index (χ1v) is 7.55. The zero-order valence-electron chi connectivity index (χ0n) is 12.7. The second-order valence-corrected chi connectivity index (χ2v) is 5.61. The summed E-state index contributed by atoms with van der Waals surface area (Å²) in [6.45, 7) is 1.19. The Kier molecular flexibility index (Phi) is 4.54. The highest BCUT2D eigenvalue weighted by Gasteiger charge is 2.25. The number of carboxylic acids is 1. The number of hydrogen-bond donors (Lipinski definition) is 2. The molecule has 1 aliphatic heterocycles. The molecule has 0 spiro atoms. The maximum atomic E-state index is 13.2. The second-order valence-electron chi connectivity index (χ2n) is 5.61. The number of nitrogens with zero attached hydrogens (tertiary/aromatic N) is 3. The molecule has 2 N–H and O–H groups in total. The maximum absolute atomic E-state index is 13.2. The topological polar surface area (TPSA) is 78.4 Å². The molecular weight excluding hydrogens is 318 g/mol. The van der Waals surface area contributed by atoms with Gasteiger partial charge in [-0.2, -0.15) is 0 Å². The molecule has 126 valence electrons. The van der Waals surface area contributed by atoms with Crippen molar-refractivity contribution in [2.24, 2.45) is 5.92 Å². The van der Waals surface area contributed by atoms with E-state index in [9.17, 15) is 13.6 Å². The first kappa shape index (κ1) is 16.1. The number of aliphatic carboxylic acids is 1. The van der Waals surface area contributed by atoms with E-state index in [-0.39, 0.29) is 5.92 Å². The van der Waals surface area contributed by atoms with Crippen LogP contribution in [0.15, 0.2) is 30.6 Å². The van der Waals surface area contributed by atoms with Crippen molar-refractivity contribution in [1.29, 1.82) is 0 Å². The van der Waals surface area contributed by atoms with E-state index in [1.54, 1.807) is 6.07 Å². The summed E-state index contributed by atoms with van der Waals surface area (Å²) < 4.78 is 26.2. The molecule has 1 fully saturated rings. The van der Waals surface area contributed by atoms with E-state index in [0.717, 1.165) is 12.1 Å². The quantitative estimate of drug-likeness (QED) is 0.895. The summed E-state index contributed by atoms with van der Waals surface area (Å²) in [5.41, 5.74) is 0.378. The van der Waals surface area contributed by atoms with Gasteiger partial charge in [-0.15, -0.1) is 0 Å². The predicted molar refractivity (Wildman–Crippen MR) is 84.2 cm³/mol. The Balaban J connectivity index is 1.70. The van der Waals surface area contributed by atoms with Crippen molar-refractivity contribution in [3.8, 4) is 0 Å². The van der Waals surface area contributed by atoms with Gasteiger partial charge < -0.3 is 15.3 Å². The van der Waals surface area contributed by atoms with Crippen LogP contribution in [0.1, 0.15) is 12.8 Å². The van der Waals surface area contributed by atoms with Crippen molar-refractivity contribution in [3.05, 3.63) is 42.2 Å². The van der Waals surface area contributed by atoms with E-state index in [4.69, 9.17) is 5.11 Å². The lowest BCUT2D eigenvalue weighted by atomic mass is 9.97. The summed E-state index contributed by atoms with van der Waals surface area (Å²) >= 11 is 0. The van der Waals surface area contributed by atoms with Gasteiger partial charge in [0.25, 0.3) is 0 Å². The molecule has 6 nitrogen and oxygen atoms in total. The average Bonchev–Trinajstić information content (AvgIpc) is 2.58. The van der Waals surface area contributed by atoms with Crippen LogP contribution in [0.4, 0.5) is 26.1 Å². The molecule has 3 rings (SSSR count). The molecule has 0 saturated carbocycles. The zero-order valence-corrected chi connectivity index (χ0v) is 12.7. The van der Waals surface area contributed by atoms with E-state index in [0.29, 0.717) is 43.3 Å². The van der Waals surface area contributed by atoms with Crippen molar-refractivity contribution >= 4 is 23.3 Å². The largest absolute Gasteiger partial charge is 0.481 e. The van der Waals surface area contributed by atoms with Gasteiger partial charge in [0, 0.05) is 30.9 Å². The van der Waals surface area contributed by atoms with Gasteiger partial charge in [0.05, 0.1) is 5.92 Å². The molecule has 24 heavy (non-hydrogen) atoms. The van der Waals surface area contributed by atoms with Crippen molar-refractivity contribution < 1.29 is 18.7 Å². The number of rotatable bonds is 4. The molecule has 0 amide bonds. The molecule has 2 aromatic rings. The van der Waals surface area contributed by atoms with Gasteiger partial charge in [-0.25, -0.2) is 18.7 Å². The normalized spacial score (nSPS) is 15.3. The molecule has 0 aliphatic carbocycles. The maximum Gasteiger partial charge on any atom is 0.306 e. The first-order chi connectivity index (χ1) is 11.5. The van der Waals surface area contributed by atoms with Gasteiger partial charge in [0.2, 0.25) is 0 Å². The molecule has 8 heteroatoms. The highest BCUT2D eigenvalue weighted by molar-refractivity contribution is 5.70. The first-order valence-electron chi connectivity index (χ1n) is 7.55. The van der Waals surface area contributed by atoms with E-state index < -0.39 is 17.6 Å². The average molecular weight is 334 g/mol. The summed E-state index contributed by atoms with van der Waals surface area (Å²) in [6, 6.07) is 5.20. The van der Waals surface area contributed by atoms with E-state index >= 15 is 0 Å². The Bertz CT molecular complexity index is 749. The van der Waals surface area contributed by atoms with Crippen molar-refractivity contribution in [2.75, 3.05) is 23.3 Å². The molecule has 1 aliphatic rings. The number of carbonyl (C=O) groups is 1. The smallest absolute Gasteiger partial charge is 0.306 e. The third-order valence-electron chi connectivity index (χ3n) is 4.01. The standard InChI is InChI=1S/C16H16F2N4O2/c17-12-2-1-11(7-13(12)18)21-14-8-15(20-9-19-14)22-5-3-10(4-6-22)16(23)24/h1-2,7-10H,3-6H2,(H,23,24)(H,19,20,21). The van der Waals surface area contributed by atoms with Crippen LogP contribution < -0.4 is 10.2 Å². The molecule has 0 bridgehead atoms. The van der Waals surface area contributed by atoms with Crippen LogP contribution in [0.5, 0.6) is 0 Å². The van der Waals surface area contributed by atoms with E-state index in [1.165, 1.54) is 12.4 Å². The van der Waals surface area contributed by atoms with Gasteiger partial charge in [0.1, 0.15) is 18.0 Å². The van der Waals surface area contributed by atoms with E-state index in [1.807, 2.05) is 4.90 Å². The fourth-order valence-corrected chi connectivity index (χ4v) is 2.67. The molecule has 0 atom stereocenters. The Morgan fingerprint density at radius 2 is 1.92 bits per heavy atom. The lowest BCUT2D eigenvalue weighted by Crippen LogP contribution is -2.36. The number of carboxylic acid groups (broad SMARTS) is 1. The fraction of sp³-hybridized carbons (Fsp3) is 0.312. The fourth-order valence-electron chi connectivity index (χ4n) is 2.67. The number of piperidine rings is 1. The Hall–Kier alpha value is -2.77. The predicted octanol–water partition coefficient (Wildman–Crippen LogP) is 2.80. The van der Waals surface area contributed by atoms with Crippen LogP contribution >= 0.6 is 0 Å². The second kappa shape index (κ2) is 6.77. The molecule has 1 aromatic heterocycles. The minimum absolute atomic E-state index is 0.317. The minimum Gasteiger partial charge on any atom is -0.481 e. The van der Waals surface area contributed by atoms with E-state index in [2.05, 4.69) is 15.3 Å². The van der Waals surface area contributed by atoms with Gasteiger partial charge in [-0.1, -0.05) is 0 Å². The number of aromatic nitrogens is 2. The summed E-state index contributed by atoms with van der Waals surface area (Å²) in [7, 11) is 0. The SMILES string of the molecule is O=C(O)C1CCN(c2cc(Nc3ccc(F)c(F)c3)ncn2)CC1. The molecular formula is C16H16F2N4O2. The van der Waals surface area contributed by atoms with Crippen LogP contribution in [0.2, 0.25) is 0 Å². The lowest BCUT2D eigenvalue weighted by molar-refractivity contribution is -0.142. The molecule has 0 radical (unpaired) electrons. The molecule has 1 aromatic carbocycles. The number of nitrogens with one attached hydrogen (secondary N) is 1. The molecule has 1 saturated heterocycles. The lowest BCUT2D eigenvalue weighted by Gasteiger charge is -2.31. The minimum atomic E-state index is -0.940.